The van der Waals surface area contributed by atoms with Crippen molar-refractivity contribution in [3.05, 3.63) is 81.3 Å². The smallest absolute Gasteiger partial charge is 0.264 e. The molecule has 2 aromatic carbocycles. The number of carbonyl (C=O) groups excluding carboxylic acids is 3. The monoisotopic (exact) mass is 502 g/mol. The van der Waals surface area contributed by atoms with Gasteiger partial charge in [-0.15, -0.1) is 11.3 Å². The fraction of sp³-hybridized carbons (Fsp3) is 0.357. The number of nitrogens with zero attached hydrogens (tertiary/aromatic N) is 4. The molecule has 3 aromatic rings. The number of fused-ring (bicyclic) bond motifs is 1. The molecule has 3 heterocycles. The predicted molar refractivity (Wildman–Crippen MR) is 140 cm³/mol. The number of anilines is 1. The van der Waals surface area contributed by atoms with Gasteiger partial charge in [-0.05, 0) is 44.4 Å². The molecular weight excluding hydrogens is 472 g/mol. The highest BCUT2D eigenvalue weighted by molar-refractivity contribution is 7.09. The Morgan fingerprint density at radius 1 is 1.11 bits per heavy atom. The van der Waals surface area contributed by atoms with Crippen molar-refractivity contribution in [3.63, 3.8) is 0 Å². The summed E-state index contributed by atoms with van der Waals surface area (Å²) in [5.41, 5.74) is 3.61. The van der Waals surface area contributed by atoms with Crippen LogP contribution in [0, 0.1) is 12.8 Å². The van der Waals surface area contributed by atoms with Crippen LogP contribution in [0.3, 0.4) is 0 Å². The summed E-state index contributed by atoms with van der Waals surface area (Å²) in [6.07, 6.45) is 1.67. The minimum atomic E-state index is -0.286. The van der Waals surface area contributed by atoms with E-state index in [4.69, 9.17) is 0 Å². The summed E-state index contributed by atoms with van der Waals surface area (Å²) >= 11 is 1.45. The Bertz CT molecular complexity index is 1290. The van der Waals surface area contributed by atoms with Gasteiger partial charge in [-0.2, -0.15) is 0 Å². The van der Waals surface area contributed by atoms with Crippen molar-refractivity contribution < 1.29 is 14.4 Å². The Balaban J connectivity index is 1.35. The summed E-state index contributed by atoms with van der Waals surface area (Å²) in [5, 5.41) is 2.66. The summed E-state index contributed by atoms with van der Waals surface area (Å²) < 4.78 is 0. The maximum absolute atomic E-state index is 13.5. The van der Waals surface area contributed by atoms with Gasteiger partial charge in [0, 0.05) is 37.3 Å². The van der Waals surface area contributed by atoms with Gasteiger partial charge in [0.2, 0.25) is 5.91 Å². The van der Waals surface area contributed by atoms with E-state index in [0.29, 0.717) is 30.8 Å². The van der Waals surface area contributed by atoms with Crippen molar-refractivity contribution in [2.45, 2.75) is 39.8 Å². The molecule has 1 aromatic heterocycles. The van der Waals surface area contributed by atoms with Gasteiger partial charge in [-0.3, -0.25) is 19.3 Å². The first kappa shape index (κ1) is 24.2. The average molecular weight is 503 g/mol. The van der Waals surface area contributed by atoms with Crippen molar-refractivity contribution in [1.29, 1.82) is 0 Å². The van der Waals surface area contributed by atoms with Crippen LogP contribution < -0.4 is 4.90 Å². The number of aromatic nitrogens is 1. The molecule has 36 heavy (non-hydrogen) atoms. The molecule has 7 nitrogen and oxygen atoms in total. The molecule has 5 rings (SSSR count). The molecule has 0 spiro atoms. The Morgan fingerprint density at radius 3 is 2.64 bits per heavy atom. The van der Waals surface area contributed by atoms with E-state index in [-0.39, 0.29) is 30.2 Å². The van der Waals surface area contributed by atoms with Gasteiger partial charge in [-0.1, -0.05) is 36.4 Å². The Morgan fingerprint density at radius 2 is 1.92 bits per heavy atom. The molecule has 2 aliphatic rings. The molecule has 3 amide bonds. The molecule has 8 heteroatoms. The van der Waals surface area contributed by atoms with Crippen molar-refractivity contribution in [3.8, 4) is 0 Å². The van der Waals surface area contributed by atoms with Crippen molar-refractivity contribution in [1.82, 2.24) is 14.8 Å². The number of carbonyl (C=O) groups is 3. The third-order valence-corrected chi connectivity index (χ3v) is 7.91. The molecule has 0 bridgehead atoms. The normalized spacial score (nSPS) is 17.4. The van der Waals surface area contributed by atoms with E-state index in [1.54, 1.807) is 6.07 Å². The summed E-state index contributed by atoms with van der Waals surface area (Å²) in [5.74, 6) is -0.581. The molecule has 1 fully saturated rings. The molecule has 1 atom stereocenters. The van der Waals surface area contributed by atoms with E-state index in [1.807, 2.05) is 66.6 Å². The third kappa shape index (κ3) is 4.65. The van der Waals surface area contributed by atoms with Crippen LogP contribution in [0.15, 0.2) is 53.9 Å². The Labute approximate surface area is 215 Å². The second kappa shape index (κ2) is 10.2. The number of hydrogen-bond donors (Lipinski definition) is 0. The first-order valence-corrected chi connectivity index (χ1v) is 13.3. The molecule has 0 saturated carbocycles. The van der Waals surface area contributed by atoms with E-state index in [0.717, 1.165) is 41.3 Å². The highest BCUT2D eigenvalue weighted by atomic mass is 32.1. The molecule has 1 unspecified atom stereocenters. The standard InChI is InChI=1S/C28H30N4O3S/c1-3-30(15-20-9-5-4-6-10-20)26(33)21-11-8-14-31(16-21)23-13-7-12-22-25(23)28(35)32(27(22)34)17-24-29-19(2)18-36-24/h4-7,9-10,12-13,18,21H,3,8,11,14-17H2,1-2H3. The number of thiazole rings is 1. The predicted octanol–water partition coefficient (Wildman–Crippen LogP) is 4.51. The van der Waals surface area contributed by atoms with Crippen LogP contribution in [-0.4, -0.2) is 52.1 Å². The number of rotatable bonds is 7. The van der Waals surface area contributed by atoms with E-state index in [2.05, 4.69) is 9.88 Å². The molecular formula is C28H30N4O3S. The maximum Gasteiger partial charge on any atom is 0.264 e. The third-order valence-electron chi connectivity index (χ3n) is 6.96. The lowest BCUT2D eigenvalue weighted by atomic mass is 9.94. The first-order chi connectivity index (χ1) is 17.5. The number of hydrogen-bond acceptors (Lipinski definition) is 6. The van der Waals surface area contributed by atoms with E-state index >= 15 is 0 Å². The van der Waals surface area contributed by atoms with Crippen molar-refractivity contribution >= 4 is 34.7 Å². The largest absolute Gasteiger partial charge is 0.370 e. The molecule has 0 aliphatic carbocycles. The SMILES string of the molecule is CCN(Cc1ccccc1)C(=O)C1CCCN(c2cccc3c2C(=O)N(Cc2nc(C)cs2)C3=O)C1. The summed E-state index contributed by atoms with van der Waals surface area (Å²) in [6.45, 7) is 6.60. The molecule has 186 valence electrons. The topological polar surface area (TPSA) is 73.8 Å². The van der Waals surface area contributed by atoms with Gasteiger partial charge in [0.15, 0.2) is 0 Å². The fourth-order valence-corrected chi connectivity index (χ4v) is 5.90. The van der Waals surface area contributed by atoms with Crippen LogP contribution >= 0.6 is 11.3 Å². The second-order valence-corrected chi connectivity index (χ2v) is 10.3. The highest BCUT2D eigenvalue weighted by Crippen LogP contribution is 2.35. The minimum Gasteiger partial charge on any atom is -0.370 e. The van der Waals surface area contributed by atoms with Crippen LogP contribution in [0.1, 0.15) is 56.7 Å². The van der Waals surface area contributed by atoms with Gasteiger partial charge in [-0.25, -0.2) is 4.98 Å². The molecule has 0 radical (unpaired) electrons. The van der Waals surface area contributed by atoms with Gasteiger partial charge in [0.1, 0.15) is 5.01 Å². The van der Waals surface area contributed by atoms with Crippen LogP contribution in [0.25, 0.3) is 0 Å². The number of benzene rings is 2. The van der Waals surface area contributed by atoms with Crippen LogP contribution in [0.4, 0.5) is 5.69 Å². The zero-order chi connectivity index (χ0) is 25.2. The van der Waals surface area contributed by atoms with E-state index < -0.39 is 0 Å². The van der Waals surface area contributed by atoms with Gasteiger partial charge in [0.05, 0.1) is 29.3 Å². The Hall–Kier alpha value is -3.52. The summed E-state index contributed by atoms with van der Waals surface area (Å²) in [6, 6.07) is 15.5. The Kier molecular flexibility index (Phi) is 6.87. The van der Waals surface area contributed by atoms with Gasteiger partial charge < -0.3 is 9.80 Å². The number of imide groups is 1. The number of amides is 3. The van der Waals surface area contributed by atoms with E-state index in [9.17, 15) is 14.4 Å². The summed E-state index contributed by atoms with van der Waals surface area (Å²) in [7, 11) is 0. The zero-order valence-electron chi connectivity index (χ0n) is 20.6. The lowest BCUT2D eigenvalue weighted by Gasteiger charge is -2.36. The van der Waals surface area contributed by atoms with Crippen LogP contribution in [0.2, 0.25) is 0 Å². The molecule has 0 N–H and O–H groups in total. The van der Waals surface area contributed by atoms with Crippen LogP contribution in [-0.2, 0) is 17.9 Å². The van der Waals surface area contributed by atoms with Crippen LogP contribution in [0.5, 0.6) is 0 Å². The number of piperidine rings is 1. The average Bonchev–Trinajstić information content (AvgIpc) is 3.43. The summed E-state index contributed by atoms with van der Waals surface area (Å²) in [4.78, 5) is 49.8. The maximum atomic E-state index is 13.5. The minimum absolute atomic E-state index is 0.141. The first-order valence-electron chi connectivity index (χ1n) is 12.4. The van der Waals surface area contributed by atoms with Gasteiger partial charge >= 0.3 is 0 Å². The molecule has 2 aliphatic heterocycles. The molecule has 1 saturated heterocycles. The quantitative estimate of drug-likeness (QED) is 0.445. The zero-order valence-corrected chi connectivity index (χ0v) is 21.5. The van der Waals surface area contributed by atoms with E-state index in [1.165, 1.54) is 16.2 Å². The number of aryl methyl sites for hydroxylation is 1. The van der Waals surface area contributed by atoms with Crippen molar-refractivity contribution in [2.75, 3.05) is 24.5 Å². The lowest BCUT2D eigenvalue weighted by Crippen LogP contribution is -2.45. The highest BCUT2D eigenvalue weighted by Gasteiger charge is 2.40. The second-order valence-electron chi connectivity index (χ2n) is 9.40. The lowest BCUT2D eigenvalue weighted by molar-refractivity contribution is -0.136. The van der Waals surface area contributed by atoms with Crippen molar-refractivity contribution in [2.24, 2.45) is 5.92 Å². The van der Waals surface area contributed by atoms with Gasteiger partial charge in [0.25, 0.3) is 11.8 Å². The fourth-order valence-electron chi connectivity index (χ4n) is 5.14.